The molecule has 0 radical (unpaired) electrons. The average molecular weight is 309 g/mol. The summed E-state index contributed by atoms with van der Waals surface area (Å²) in [4.78, 5) is 9.26. The van der Waals surface area contributed by atoms with Gasteiger partial charge in [-0.2, -0.15) is 0 Å². The second-order valence-electron chi connectivity index (χ2n) is 5.20. The Hall–Kier alpha value is -2.39. The van der Waals surface area contributed by atoms with Crippen LogP contribution in [0.4, 0.5) is 0 Å². The number of nitrogens with zero attached hydrogens (tertiary/aromatic N) is 2. The zero-order valence-electron chi connectivity index (χ0n) is 11.8. The molecule has 1 aromatic heterocycles. The van der Waals surface area contributed by atoms with Gasteiger partial charge in [0.05, 0.1) is 11.4 Å². The van der Waals surface area contributed by atoms with Crippen molar-refractivity contribution in [1.29, 1.82) is 0 Å². The van der Waals surface area contributed by atoms with E-state index in [1.54, 1.807) is 0 Å². The fourth-order valence-corrected chi connectivity index (χ4v) is 2.84. The van der Waals surface area contributed by atoms with Crippen molar-refractivity contribution in [3.05, 3.63) is 76.7 Å². The maximum absolute atomic E-state index is 6.31. The van der Waals surface area contributed by atoms with Gasteiger partial charge in [-0.3, -0.25) is 0 Å². The highest BCUT2D eigenvalue weighted by molar-refractivity contribution is 6.30. The van der Waals surface area contributed by atoms with E-state index in [0.29, 0.717) is 18.2 Å². The van der Waals surface area contributed by atoms with E-state index in [1.165, 1.54) is 5.56 Å². The minimum absolute atomic E-state index is 0.407. The lowest BCUT2D eigenvalue weighted by Crippen LogP contribution is -2.11. The average Bonchev–Trinajstić information content (AvgIpc) is 2.56. The standard InChI is InChI=1S/C18H13ClN2O/c19-18-14(10-12-6-2-1-3-7-12)20-17-13-8-4-5-9-16(13)22-11-15(17)21-18/h1-9H,10-11H2. The number of para-hydroxylation sites is 1. The summed E-state index contributed by atoms with van der Waals surface area (Å²) in [6.07, 6.45) is 0.670. The zero-order valence-corrected chi connectivity index (χ0v) is 12.5. The molecule has 108 valence electrons. The molecule has 3 nitrogen and oxygen atoms in total. The summed E-state index contributed by atoms with van der Waals surface area (Å²) in [7, 11) is 0. The third-order valence-corrected chi connectivity index (χ3v) is 4.01. The summed E-state index contributed by atoms with van der Waals surface area (Å²) < 4.78 is 5.70. The molecule has 0 atom stereocenters. The number of fused-ring (bicyclic) bond motifs is 3. The van der Waals surface area contributed by atoms with Crippen LogP contribution in [-0.2, 0) is 13.0 Å². The maximum atomic E-state index is 6.31. The molecule has 0 bridgehead atoms. The zero-order chi connectivity index (χ0) is 14.9. The molecule has 0 fully saturated rings. The largest absolute Gasteiger partial charge is 0.487 e. The third-order valence-electron chi connectivity index (χ3n) is 3.71. The highest BCUT2D eigenvalue weighted by Gasteiger charge is 2.21. The summed E-state index contributed by atoms with van der Waals surface area (Å²) in [5.41, 5.74) is 4.60. The topological polar surface area (TPSA) is 35.0 Å². The SMILES string of the molecule is Clc1nc2c(nc1Cc1ccccc1)-c1ccccc1OC2. The van der Waals surface area contributed by atoms with E-state index in [0.717, 1.165) is 28.4 Å². The first-order valence-electron chi connectivity index (χ1n) is 7.12. The molecular weight excluding hydrogens is 296 g/mol. The number of benzene rings is 2. The molecule has 1 aliphatic heterocycles. The van der Waals surface area contributed by atoms with Crippen LogP contribution in [0.3, 0.4) is 0 Å². The van der Waals surface area contributed by atoms with Crippen LogP contribution in [0.15, 0.2) is 54.6 Å². The molecule has 2 heterocycles. The number of hydrogen-bond acceptors (Lipinski definition) is 3. The molecule has 2 aromatic carbocycles. The summed E-state index contributed by atoms with van der Waals surface area (Å²) in [6.45, 7) is 0.407. The molecule has 0 unspecified atom stereocenters. The van der Waals surface area contributed by atoms with Gasteiger partial charge in [0, 0.05) is 12.0 Å². The normalized spacial score (nSPS) is 12.2. The van der Waals surface area contributed by atoms with Gasteiger partial charge in [-0.15, -0.1) is 0 Å². The molecule has 4 heteroatoms. The minimum Gasteiger partial charge on any atom is -0.487 e. The smallest absolute Gasteiger partial charge is 0.151 e. The van der Waals surface area contributed by atoms with Gasteiger partial charge in [-0.1, -0.05) is 54.1 Å². The Bertz CT molecular complexity index is 834. The molecule has 0 N–H and O–H groups in total. The molecule has 22 heavy (non-hydrogen) atoms. The van der Waals surface area contributed by atoms with Crippen LogP contribution in [-0.4, -0.2) is 9.97 Å². The Morgan fingerprint density at radius 1 is 0.955 bits per heavy atom. The van der Waals surface area contributed by atoms with Crippen molar-refractivity contribution in [2.24, 2.45) is 0 Å². The number of halogens is 1. The van der Waals surface area contributed by atoms with E-state index < -0.39 is 0 Å². The van der Waals surface area contributed by atoms with Gasteiger partial charge in [0.15, 0.2) is 5.15 Å². The van der Waals surface area contributed by atoms with Gasteiger partial charge < -0.3 is 4.74 Å². The van der Waals surface area contributed by atoms with Crippen LogP contribution in [0.2, 0.25) is 5.15 Å². The van der Waals surface area contributed by atoms with Crippen molar-refractivity contribution in [3.8, 4) is 17.0 Å². The lowest BCUT2D eigenvalue weighted by atomic mass is 10.1. The van der Waals surface area contributed by atoms with Crippen LogP contribution in [0.1, 0.15) is 17.0 Å². The first-order chi connectivity index (χ1) is 10.8. The summed E-state index contributed by atoms with van der Waals surface area (Å²) >= 11 is 6.31. The first-order valence-corrected chi connectivity index (χ1v) is 7.50. The van der Waals surface area contributed by atoms with Crippen molar-refractivity contribution in [3.63, 3.8) is 0 Å². The van der Waals surface area contributed by atoms with Crippen LogP contribution in [0.25, 0.3) is 11.3 Å². The number of hydrogen-bond donors (Lipinski definition) is 0. The monoisotopic (exact) mass is 308 g/mol. The molecule has 0 saturated carbocycles. The highest BCUT2D eigenvalue weighted by atomic mass is 35.5. The van der Waals surface area contributed by atoms with Gasteiger partial charge in [-0.25, -0.2) is 9.97 Å². The number of rotatable bonds is 2. The second-order valence-corrected chi connectivity index (χ2v) is 5.56. The van der Waals surface area contributed by atoms with Crippen molar-refractivity contribution in [2.45, 2.75) is 13.0 Å². The van der Waals surface area contributed by atoms with Crippen molar-refractivity contribution >= 4 is 11.6 Å². The van der Waals surface area contributed by atoms with E-state index in [-0.39, 0.29) is 0 Å². The molecule has 0 saturated heterocycles. The third kappa shape index (κ3) is 2.34. The summed E-state index contributed by atoms with van der Waals surface area (Å²) in [5, 5.41) is 0.450. The van der Waals surface area contributed by atoms with Gasteiger partial charge in [0.1, 0.15) is 18.1 Å². The Kier molecular flexibility index (Phi) is 3.28. The summed E-state index contributed by atoms with van der Waals surface area (Å²) in [6, 6.07) is 18.0. The molecule has 3 aromatic rings. The molecule has 0 spiro atoms. The second kappa shape index (κ2) is 5.43. The maximum Gasteiger partial charge on any atom is 0.151 e. The van der Waals surface area contributed by atoms with Gasteiger partial charge in [-0.05, 0) is 17.7 Å². The lowest BCUT2D eigenvalue weighted by molar-refractivity contribution is 0.296. The minimum atomic E-state index is 0.407. The molecule has 4 rings (SSSR count). The Balaban J connectivity index is 1.80. The van der Waals surface area contributed by atoms with E-state index in [2.05, 4.69) is 17.1 Å². The van der Waals surface area contributed by atoms with Gasteiger partial charge >= 0.3 is 0 Å². The molecular formula is C18H13ClN2O. The van der Waals surface area contributed by atoms with E-state index >= 15 is 0 Å². The lowest BCUT2D eigenvalue weighted by Gasteiger charge is -2.20. The van der Waals surface area contributed by atoms with Crippen LogP contribution in [0.5, 0.6) is 5.75 Å². The van der Waals surface area contributed by atoms with Crippen molar-refractivity contribution in [2.75, 3.05) is 0 Å². The summed E-state index contributed by atoms with van der Waals surface area (Å²) in [5.74, 6) is 0.845. The predicted molar refractivity (Wildman–Crippen MR) is 86.1 cm³/mol. The molecule has 1 aliphatic rings. The van der Waals surface area contributed by atoms with E-state index in [1.807, 2.05) is 42.5 Å². The molecule has 0 amide bonds. The number of ether oxygens (including phenoxy) is 1. The van der Waals surface area contributed by atoms with Gasteiger partial charge in [0.25, 0.3) is 0 Å². The van der Waals surface area contributed by atoms with Crippen LogP contribution < -0.4 is 4.74 Å². The Labute approximate surface area is 133 Å². The quantitative estimate of drug-likeness (QED) is 0.708. The fourth-order valence-electron chi connectivity index (χ4n) is 2.63. The van der Waals surface area contributed by atoms with Crippen LogP contribution in [0, 0.1) is 0 Å². The number of aromatic nitrogens is 2. The first kappa shape index (κ1) is 13.3. The van der Waals surface area contributed by atoms with Crippen molar-refractivity contribution < 1.29 is 4.74 Å². The molecule has 0 aliphatic carbocycles. The fraction of sp³-hybridized carbons (Fsp3) is 0.111. The predicted octanol–water partition coefficient (Wildman–Crippen LogP) is 4.28. The van der Waals surface area contributed by atoms with Crippen LogP contribution >= 0.6 is 11.6 Å². The van der Waals surface area contributed by atoms with E-state index in [4.69, 9.17) is 21.3 Å². The Morgan fingerprint density at radius 2 is 1.73 bits per heavy atom. The highest BCUT2D eigenvalue weighted by Crippen LogP contribution is 2.36. The Morgan fingerprint density at radius 3 is 2.59 bits per heavy atom. The van der Waals surface area contributed by atoms with Crippen molar-refractivity contribution in [1.82, 2.24) is 9.97 Å². The van der Waals surface area contributed by atoms with Gasteiger partial charge in [0.2, 0.25) is 0 Å². The van der Waals surface area contributed by atoms with E-state index in [9.17, 15) is 0 Å².